The number of hydrogen-bond donors (Lipinski definition) is 0. The van der Waals surface area contributed by atoms with Crippen LogP contribution in [0.25, 0.3) is 5.69 Å². The van der Waals surface area contributed by atoms with Crippen molar-refractivity contribution >= 4 is 23.5 Å². The van der Waals surface area contributed by atoms with Gasteiger partial charge in [0.15, 0.2) is 0 Å². The molecule has 3 heterocycles. The van der Waals surface area contributed by atoms with Crippen molar-refractivity contribution in [2.75, 3.05) is 22.9 Å². The molecule has 0 unspecified atom stereocenters. The van der Waals surface area contributed by atoms with Gasteiger partial charge in [-0.3, -0.25) is 19.0 Å². The Labute approximate surface area is 235 Å². The molecule has 0 bridgehead atoms. The Hall–Kier alpha value is -4.43. The van der Waals surface area contributed by atoms with E-state index in [-0.39, 0.29) is 17.5 Å². The van der Waals surface area contributed by atoms with Crippen molar-refractivity contribution in [3.63, 3.8) is 0 Å². The predicted octanol–water partition coefficient (Wildman–Crippen LogP) is 4.61. The van der Waals surface area contributed by atoms with E-state index in [1.165, 1.54) is 18.3 Å². The highest BCUT2D eigenvalue weighted by Crippen LogP contribution is 2.29. The van der Waals surface area contributed by atoms with Gasteiger partial charge in [0.1, 0.15) is 11.9 Å². The van der Waals surface area contributed by atoms with Crippen molar-refractivity contribution in [3.8, 4) is 11.4 Å². The van der Waals surface area contributed by atoms with Gasteiger partial charge in [0.05, 0.1) is 5.69 Å². The number of aryl methyl sites for hydroxylation is 1. The van der Waals surface area contributed by atoms with Gasteiger partial charge in [0, 0.05) is 56.3 Å². The van der Waals surface area contributed by atoms with Gasteiger partial charge < -0.3 is 9.64 Å². The minimum atomic E-state index is -5.74. The van der Waals surface area contributed by atoms with Crippen LogP contribution in [0.2, 0.25) is 0 Å². The molecule has 224 valence electrons. The summed E-state index contributed by atoms with van der Waals surface area (Å²) >= 11 is 0. The lowest BCUT2D eigenvalue weighted by molar-refractivity contribution is -0.181. The number of piperidine rings is 1. The molecule has 4 rings (SSSR count). The van der Waals surface area contributed by atoms with E-state index in [4.69, 9.17) is 4.74 Å². The second-order valence-electron chi connectivity index (χ2n) is 9.47. The van der Waals surface area contributed by atoms with Crippen molar-refractivity contribution in [1.29, 1.82) is 0 Å². The third kappa shape index (κ3) is 7.06. The van der Waals surface area contributed by atoms with Crippen LogP contribution in [-0.4, -0.2) is 57.9 Å². The lowest BCUT2D eigenvalue weighted by Gasteiger charge is -2.32. The van der Waals surface area contributed by atoms with Crippen LogP contribution >= 0.6 is 0 Å². The summed E-state index contributed by atoms with van der Waals surface area (Å²) in [6.07, 6.45) is -3.50. The summed E-state index contributed by atoms with van der Waals surface area (Å²) < 4.78 is 84.4. The highest BCUT2D eigenvalue weighted by atomic mass is 19.4. The highest BCUT2D eigenvalue weighted by molar-refractivity contribution is 6.18. The van der Waals surface area contributed by atoms with Crippen LogP contribution in [0.15, 0.2) is 59.8 Å². The van der Waals surface area contributed by atoms with Crippen molar-refractivity contribution in [2.45, 2.75) is 51.1 Å². The van der Waals surface area contributed by atoms with E-state index in [0.29, 0.717) is 44.0 Å². The highest BCUT2D eigenvalue weighted by Gasteiger charge is 2.52. The Morgan fingerprint density at radius 3 is 2.02 bits per heavy atom. The van der Waals surface area contributed by atoms with Gasteiger partial charge in [0.25, 0.3) is 5.56 Å². The number of benzene rings is 1. The molecule has 2 amide bonds. The summed E-state index contributed by atoms with van der Waals surface area (Å²) in [5.41, 5.74) is -0.425. The SMILES string of the molecule is CCCc1cnc(N2CCC(Oc3ccn(-c4ccc(N(C(=O)C(F)(F)F)C(=O)C(F)(F)F)cc4)c(=O)c3)CC2)nc1. The van der Waals surface area contributed by atoms with Gasteiger partial charge in [-0.15, -0.1) is 0 Å². The Morgan fingerprint density at radius 1 is 0.952 bits per heavy atom. The third-order valence-corrected chi connectivity index (χ3v) is 6.43. The maximum atomic E-state index is 12.9. The number of nitrogens with zero attached hydrogens (tertiary/aromatic N) is 5. The Morgan fingerprint density at radius 2 is 1.52 bits per heavy atom. The molecule has 9 nitrogen and oxygen atoms in total. The Kier molecular flexibility index (Phi) is 8.87. The quantitative estimate of drug-likeness (QED) is 0.367. The molecule has 1 saturated heterocycles. The van der Waals surface area contributed by atoms with Gasteiger partial charge >= 0.3 is 24.2 Å². The summed E-state index contributed by atoms with van der Waals surface area (Å²) in [4.78, 5) is 45.8. The molecule has 0 spiro atoms. The summed E-state index contributed by atoms with van der Waals surface area (Å²) in [5.74, 6) is -5.08. The largest absolute Gasteiger partial charge is 0.490 e. The number of amides is 2. The van der Waals surface area contributed by atoms with Crippen molar-refractivity contribution in [1.82, 2.24) is 14.5 Å². The number of pyridine rings is 1. The number of ether oxygens (including phenoxy) is 1. The van der Waals surface area contributed by atoms with E-state index in [1.54, 1.807) is 0 Å². The van der Waals surface area contributed by atoms with Crippen LogP contribution in [0.3, 0.4) is 0 Å². The van der Waals surface area contributed by atoms with E-state index in [1.807, 2.05) is 17.3 Å². The van der Waals surface area contributed by atoms with Crippen LogP contribution in [0.4, 0.5) is 38.0 Å². The average Bonchev–Trinajstić information content (AvgIpc) is 2.94. The zero-order chi connectivity index (χ0) is 30.7. The minimum absolute atomic E-state index is 0.0624. The molecule has 0 saturated carbocycles. The molecule has 0 atom stereocenters. The molecule has 3 aromatic rings. The van der Waals surface area contributed by atoms with E-state index >= 15 is 0 Å². The second-order valence-corrected chi connectivity index (χ2v) is 9.47. The Balaban J connectivity index is 1.42. The standard InChI is InChI=1S/C27H25F6N5O4/c1-2-3-17-15-34-25(35-16-17)36-11-8-20(9-12-36)42-21-10-13-37(22(39)14-21)18-4-6-19(7-5-18)38(23(40)26(28,29)30)24(41)27(31,32)33/h4-7,10,13-16,20H,2-3,8-9,11-12H2,1H3. The maximum absolute atomic E-state index is 12.9. The molecule has 1 fully saturated rings. The first-order chi connectivity index (χ1) is 19.8. The Bertz CT molecular complexity index is 1440. The first-order valence-electron chi connectivity index (χ1n) is 12.9. The van der Waals surface area contributed by atoms with Crippen LogP contribution in [-0.2, 0) is 16.0 Å². The number of alkyl halides is 6. The smallest absolute Gasteiger partial charge is 0.472 e. The van der Waals surface area contributed by atoms with Gasteiger partial charge in [0.2, 0.25) is 5.95 Å². The number of halogens is 6. The third-order valence-electron chi connectivity index (χ3n) is 6.43. The molecule has 0 radical (unpaired) electrons. The fourth-order valence-electron chi connectivity index (χ4n) is 4.39. The maximum Gasteiger partial charge on any atom is 0.472 e. The zero-order valence-electron chi connectivity index (χ0n) is 22.2. The van der Waals surface area contributed by atoms with Crippen LogP contribution in [0.1, 0.15) is 31.7 Å². The van der Waals surface area contributed by atoms with E-state index in [2.05, 4.69) is 16.9 Å². The molecular formula is C27H25F6N5O4. The first-order valence-corrected chi connectivity index (χ1v) is 12.9. The van der Waals surface area contributed by atoms with Crippen LogP contribution in [0, 0.1) is 0 Å². The van der Waals surface area contributed by atoms with Gasteiger partial charge in [-0.05, 0) is 42.3 Å². The van der Waals surface area contributed by atoms with Crippen LogP contribution < -0.4 is 20.1 Å². The van der Waals surface area contributed by atoms with Crippen molar-refractivity contribution in [2.24, 2.45) is 0 Å². The molecular weight excluding hydrogens is 572 g/mol. The van der Waals surface area contributed by atoms with Crippen LogP contribution in [0.5, 0.6) is 5.75 Å². The lowest BCUT2D eigenvalue weighted by atomic mass is 10.1. The fraction of sp³-hybridized carbons (Fsp3) is 0.370. The average molecular weight is 598 g/mol. The summed E-state index contributed by atoms with van der Waals surface area (Å²) in [7, 11) is 0. The number of hydrogen-bond acceptors (Lipinski definition) is 7. The van der Waals surface area contributed by atoms with Gasteiger partial charge in [-0.1, -0.05) is 13.3 Å². The number of aromatic nitrogens is 3. The molecule has 1 aliphatic rings. The number of carbonyl (C=O) groups is 2. The van der Waals surface area contributed by atoms with E-state index < -0.39 is 40.3 Å². The van der Waals surface area contributed by atoms with Gasteiger partial charge in [-0.25, -0.2) is 14.9 Å². The van der Waals surface area contributed by atoms with Crippen molar-refractivity contribution < 1.29 is 40.7 Å². The van der Waals surface area contributed by atoms with E-state index in [9.17, 15) is 40.7 Å². The molecule has 1 aliphatic heterocycles. The van der Waals surface area contributed by atoms with Gasteiger partial charge in [-0.2, -0.15) is 26.3 Å². The predicted molar refractivity (Wildman–Crippen MR) is 139 cm³/mol. The molecule has 42 heavy (non-hydrogen) atoms. The zero-order valence-corrected chi connectivity index (χ0v) is 22.2. The molecule has 1 aromatic carbocycles. The summed E-state index contributed by atoms with van der Waals surface area (Å²) in [6.45, 7) is 3.37. The fourth-order valence-corrected chi connectivity index (χ4v) is 4.39. The van der Waals surface area contributed by atoms with Crippen molar-refractivity contribution in [3.05, 3.63) is 70.9 Å². The number of anilines is 2. The topological polar surface area (TPSA) is 97.6 Å². The number of carbonyl (C=O) groups excluding carboxylic acids is 2. The second kappa shape index (κ2) is 12.2. The number of rotatable bonds is 7. The monoisotopic (exact) mass is 597 g/mol. The molecule has 2 aromatic heterocycles. The lowest BCUT2D eigenvalue weighted by Crippen LogP contribution is -2.50. The molecule has 0 N–H and O–H groups in total. The molecule has 15 heteroatoms. The minimum Gasteiger partial charge on any atom is -0.490 e. The summed E-state index contributed by atoms with van der Waals surface area (Å²) in [6, 6.07) is 6.10. The van der Waals surface area contributed by atoms with E-state index in [0.717, 1.165) is 35.1 Å². The number of imide groups is 1. The normalized spacial score (nSPS) is 14.5. The first kappa shape index (κ1) is 30.5. The summed E-state index contributed by atoms with van der Waals surface area (Å²) in [5, 5.41) is 0. The molecule has 0 aliphatic carbocycles.